The van der Waals surface area contributed by atoms with Gasteiger partial charge in [-0.3, -0.25) is 0 Å². The smallest absolute Gasteiger partial charge is 0.124 e. The summed E-state index contributed by atoms with van der Waals surface area (Å²) in [5.41, 5.74) is 1.89. The van der Waals surface area contributed by atoms with Crippen molar-refractivity contribution in [3.05, 3.63) is 58.2 Å². The van der Waals surface area contributed by atoms with Crippen LogP contribution in [0.3, 0.4) is 0 Å². The number of furan rings is 1. The van der Waals surface area contributed by atoms with Gasteiger partial charge in [0.15, 0.2) is 0 Å². The van der Waals surface area contributed by atoms with Crippen LogP contribution in [0.1, 0.15) is 30.5 Å². The van der Waals surface area contributed by atoms with Crippen LogP contribution in [-0.2, 0) is 0 Å². The van der Waals surface area contributed by atoms with E-state index in [0.717, 1.165) is 28.6 Å². The first kappa shape index (κ1) is 13.3. The topological polar surface area (TPSA) is 25.2 Å². The Hall–Kier alpha value is -1.13. The second-order valence-corrected chi connectivity index (χ2v) is 5.06. The van der Waals surface area contributed by atoms with Crippen LogP contribution in [0.2, 0.25) is 0 Å². The van der Waals surface area contributed by atoms with E-state index in [0.29, 0.717) is 0 Å². The molecule has 0 amide bonds. The molecule has 0 saturated heterocycles. The maximum Gasteiger partial charge on any atom is 0.124 e. The average Bonchev–Trinajstić information content (AvgIpc) is 2.82. The predicted octanol–water partition coefficient (Wildman–Crippen LogP) is 4.27. The summed E-state index contributed by atoms with van der Waals surface area (Å²) >= 11 is 3.32. The highest BCUT2D eigenvalue weighted by Gasteiger charge is 2.15. The minimum absolute atomic E-state index is 0.0456. The fourth-order valence-corrected chi connectivity index (χ4v) is 2.38. The average molecular weight is 312 g/mol. The van der Waals surface area contributed by atoms with Crippen molar-refractivity contribution in [3.63, 3.8) is 0 Å². The summed E-state index contributed by atoms with van der Waals surface area (Å²) in [6.45, 7) is 2.96. The van der Waals surface area contributed by atoms with Crippen molar-refractivity contribution < 1.29 is 8.81 Å². The highest BCUT2D eigenvalue weighted by molar-refractivity contribution is 9.10. The Morgan fingerprint density at radius 3 is 2.78 bits per heavy atom. The van der Waals surface area contributed by atoms with Gasteiger partial charge in [-0.1, -0.05) is 22.9 Å². The molecule has 0 bridgehead atoms. The lowest BCUT2D eigenvalue weighted by molar-refractivity contribution is 0.546. The van der Waals surface area contributed by atoms with Crippen molar-refractivity contribution in [1.82, 2.24) is 5.32 Å². The largest absolute Gasteiger partial charge is 0.472 e. The van der Waals surface area contributed by atoms with Crippen LogP contribution in [0, 0.1) is 5.82 Å². The molecule has 2 nitrogen and oxygen atoms in total. The molecule has 96 valence electrons. The zero-order valence-corrected chi connectivity index (χ0v) is 11.7. The molecule has 1 aromatic carbocycles. The molecule has 2 aromatic rings. The number of rotatable bonds is 5. The maximum atomic E-state index is 13.5. The van der Waals surface area contributed by atoms with E-state index >= 15 is 0 Å². The Bertz CT molecular complexity index is 478. The summed E-state index contributed by atoms with van der Waals surface area (Å²) in [7, 11) is 0. The van der Waals surface area contributed by atoms with Crippen molar-refractivity contribution in [2.75, 3.05) is 6.54 Å². The molecular weight excluding hydrogens is 297 g/mol. The molecule has 0 saturated carbocycles. The second kappa shape index (κ2) is 6.16. The van der Waals surface area contributed by atoms with E-state index in [4.69, 9.17) is 4.42 Å². The first-order chi connectivity index (χ1) is 8.70. The molecule has 4 heteroatoms. The van der Waals surface area contributed by atoms with E-state index in [9.17, 15) is 4.39 Å². The van der Waals surface area contributed by atoms with Crippen LogP contribution < -0.4 is 5.32 Å². The fourth-order valence-electron chi connectivity index (χ4n) is 1.90. The number of halogens is 2. The van der Waals surface area contributed by atoms with Crippen molar-refractivity contribution in [1.29, 1.82) is 0 Å². The second-order valence-electron chi connectivity index (χ2n) is 4.15. The Kier molecular flexibility index (Phi) is 4.55. The number of benzene rings is 1. The number of nitrogens with one attached hydrogen (secondary N) is 1. The van der Waals surface area contributed by atoms with Gasteiger partial charge in [0.2, 0.25) is 0 Å². The lowest BCUT2D eigenvalue weighted by Crippen LogP contribution is -2.22. The predicted molar refractivity (Wildman–Crippen MR) is 72.9 cm³/mol. The molecule has 18 heavy (non-hydrogen) atoms. The van der Waals surface area contributed by atoms with Gasteiger partial charge in [0.05, 0.1) is 18.6 Å². The van der Waals surface area contributed by atoms with Gasteiger partial charge in [-0.15, -0.1) is 0 Å². The maximum absolute atomic E-state index is 13.5. The quantitative estimate of drug-likeness (QED) is 0.892. The van der Waals surface area contributed by atoms with E-state index in [1.54, 1.807) is 18.6 Å². The van der Waals surface area contributed by atoms with Gasteiger partial charge in [0.1, 0.15) is 5.82 Å². The van der Waals surface area contributed by atoms with Crippen LogP contribution in [0.4, 0.5) is 4.39 Å². The molecule has 0 aliphatic heterocycles. The molecule has 1 atom stereocenters. The van der Waals surface area contributed by atoms with Crippen LogP contribution in [0.5, 0.6) is 0 Å². The van der Waals surface area contributed by atoms with Crippen molar-refractivity contribution >= 4 is 15.9 Å². The first-order valence-electron chi connectivity index (χ1n) is 5.92. The van der Waals surface area contributed by atoms with E-state index in [1.807, 2.05) is 12.1 Å². The van der Waals surface area contributed by atoms with Gasteiger partial charge in [-0.05, 0) is 42.8 Å². The molecule has 0 spiro atoms. The van der Waals surface area contributed by atoms with Crippen LogP contribution in [-0.4, -0.2) is 6.54 Å². The summed E-state index contributed by atoms with van der Waals surface area (Å²) in [5, 5.41) is 3.40. The van der Waals surface area contributed by atoms with E-state index in [-0.39, 0.29) is 11.9 Å². The standard InChI is InChI=1S/C14H15BrFNO/c1-2-4-17-14(10-3-5-18-9-10)11-6-12(15)8-13(16)7-11/h3,5-9,14,17H,2,4H2,1H3. The molecule has 0 aliphatic carbocycles. The van der Waals surface area contributed by atoms with Crippen LogP contribution in [0.15, 0.2) is 45.7 Å². The summed E-state index contributed by atoms with van der Waals surface area (Å²) in [6.07, 6.45) is 4.33. The van der Waals surface area contributed by atoms with Gasteiger partial charge in [0, 0.05) is 10.0 Å². The van der Waals surface area contributed by atoms with Gasteiger partial charge < -0.3 is 9.73 Å². The third-order valence-corrected chi connectivity index (χ3v) is 3.15. The third-order valence-electron chi connectivity index (χ3n) is 2.69. The van der Waals surface area contributed by atoms with Gasteiger partial charge in [-0.2, -0.15) is 0 Å². The molecule has 0 fully saturated rings. The summed E-state index contributed by atoms with van der Waals surface area (Å²) in [4.78, 5) is 0. The Balaban J connectivity index is 2.33. The highest BCUT2D eigenvalue weighted by Crippen LogP contribution is 2.26. The molecule has 1 N–H and O–H groups in total. The van der Waals surface area contributed by atoms with Crippen LogP contribution in [0.25, 0.3) is 0 Å². The minimum Gasteiger partial charge on any atom is -0.472 e. The van der Waals surface area contributed by atoms with Crippen molar-refractivity contribution in [2.24, 2.45) is 0 Å². The number of hydrogen-bond acceptors (Lipinski definition) is 2. The molecule has 1 heterocycles. The summed E-state index contributed by atoms with van der Waals surface area (Å²) in [6, 6.07) is 6.77. The third kappa shape index (κ3) is 3.21. The molecule has 0 aliphatic rings. The molecule has 1 unspecified atom stereocenters. The normalized spacial score (nSPS) is 12.6. The Morgan fingerprint density at radius 2 is 2.17 bits per heavy atom. The van der Waals surface area contributed by atoms with Gasteiger partial charge >= 0.3 is 0 Å². The SMILES string of the molecule is CCCNC(c1ccoc1)c1cc(F)cc(Br)c1. The molecular formula is C14H15BrFNO. The van der Waals surface area contributed by atoms with E-state index in [1.165, 1.54) is 6.07 Å². The number of hydrogen-bond donors (Lipinski definition) is 1. The highest BCUT2D eigenvalue weighted by atomic mass is 79.9. The lowest BCUT2D eigenvalue weighted by atomic mass is 10.0. The fraction of sp³-hybridized carbons (Fsp3) is 0.286. The van der Waals surface area contributed by atoms with Crippen molar-refractivity contribution in [2.45, 2.75) is 19.4 Å². The first-order valence-corrected chi connectivity index (χ1v) is 6.71. The van der Waals surface area contributed by atoms with Gasteiger partial charge in [-0.25, -0.2) is 4.39 Å². The van der Waals surface area contributed by atoms with E-state index < -0.39 is 0 Å². The van der Waals surface area contributed by atoms with E-state index in [2.05, 4.69) is 28.2 Å². The minimum atomic E-state index is -0.244. The summed E-state index contributed by atoms with van der Waals surface area (Å²) < 4.78 is 19.3. The zero-order valence-electron chi connectivity index (χ0n) is 10.1. The van der Waals surface area contributed by atoms with Crippen LogP contribution >= 0.6 is 15.9 Å². The molecule has 1 aromatic heterocycles. The molecule has 0 radical (unpaired) electrons. The Morgan fingerprint density at radius 1 is 1.33 bits per heavy atom. The summed E-state index contributed by atoms with van der Waals surface area (Å²) in [5.74, 6) is -0.244. The molecule has 2 rings (SSSR count). The van der Waals surface area contributed by atoms with Crippen molar-refractivity contribution in [3.8, 4) is 0 Å². The Labute approximate surface area is 114 Å². The zero-order chi connectivity index (χ0) is 13.0. The lowest BCUT2D eigenvalue weighted by Gasteiger charge is -2.18. The monoisotopic (exact) mass is 311 g/mol. The van der Waals surface area contributed by atoms with Gasteiger partial charge in [0.25, 0.3) is 0 Å².